The van der Waals surface area contributed by atoms with Gasteiger partial charge in [-0.15, -0.1) is 0 Å². The SMILES string of the molecule is COc1cc(C)c(NC(=O)c2cc(Br)c[nH]2)cc1OC. The molecular formula is C14H15BrN2O3. The number of H-pyrrole nitrogens is 1. The second kappa shape index (κ2) is 6.00. The number of anilines is 1. The van der Waals surface area contributed by atoms with E-state index >= 15 is 0 Å². The number of amides is 1. The molecule has 0 saturated heterocycles. The fourth-order valence-electron chi connectivity index (χ4n) is 1.80. The maximum atomic E-state index is 12.1. The first-order valence-corrected chi connectivity index (χ1v) is 6.72. The maximum absolute atomic E-state index is 12.1. The van der Waals surface area contributed by atoms with Crippen molar-refractivity contribution < 1.29 is 14.3 Å². The Morgan fingerprint density at radius 1 is 1.20 bits per heavy atom. The summed E-state index contributed by atoms with van der Waals surface area (Å²) in [6, 6.07) is 5.27. The van der Waals surface area contributed by atoms with E-state index in [1.807, 2.05) is 13.0 Å². The molecule has 0 aliphatic carbocycles. The third kappa shape index (κ3) is 2.96. The molecule has 0 atom stereocenters. The number of aromatic amines is 1. The summed E-state index contributed by atoms with van der Waals surface area (Å²) in [4.78, 5) is 15.0. The fourth-order valence-corrected chi connectivity index (χ4v) is 2.15. The minimum atomic E-state index is -0.217. The Hall–Kier alpha value is -1.95. The number of ether oxygens (including phenoxy) is 2. The second-order valence-electron chi connectivity index (χ2n) is 4.21. The number of nitrogens with one attached hydrogen (secondary N) is 2. The number of carbonyl (C=O) groups is 1. The van der Waals surface area contributed by atoms with Gasteiger partial charge in [-0.05, 0) is 40.5 Å². The van der Waals surface area contributed by atoms with Gasteiger partial charge in [-0.1, -0.05) is 0 Å². The molecule has 1 aromatic carbocycles. The number of rotatable bonds is 4. The highest BCUT2D eigenvalue weighted by atomic mass is 79.9. The van der Waals surface area contributed by atoms with E-state index in [4.69, 9.17) is 9.47 Å². The van der Waals surface area contributed by atoms with Crippen LogP contribution in [0.5, 0.6) is 11.5 Å². The van der Waals surface area contributed by atoms with Gasteiger partial charge in [-0.2, -0.15) is 0 Å². The van der Waals surface area contributed by atoms with Crippen molar-refractivity contribution in [3.8, 4) is 11.5 Å². The average Bonchev–Trinajstić information content (AvgIpc) is 2.87. The monoisotopic (exact) mass is 338 g/mol. The van der Waals surface area contributed by atoms with Crippen LogP contribution in [0.1, 0.15) is 16.1 Å². The first-order valence-electron chi connectivity index (χ1n) is 5.93. The predicted octanol–water partition coefficient (Wildman–Crippen LogP) is 3.36. The van der Waals surface area contributed by atoms with Crippen LogP contribution in [-0.4, -0.2) is 25.1 Å². The summed E-state index contributed by atoms with van der Waals surface area (Å²) in [5, 5.41) is 2.84. The minimum Gasteiger partial charge on any atom is -0.493 e. The molecule has 6 heteroatoms. The zero-order valence-electron chi connectivity index (χ0n) is 11.4. The Balaban J connectivity index is 2.27. The molecule has 1 aromatic heterocycles. The van der Waals surface area contributed by atoms with Crippen LogP contribution < -0.4 is 14.8 Å². The molecule has 2 N–H and O–H groups in total. The lowest BCUT2D eigenvalue weighted by Gasteiger charge is -2.13. The van der Waals surface area contributed by atoms with Gasteiger partial charge in [0.25, 0.3) is 5.91 Å². The van der Waals surface area contributed by atoms with Crippen molar-refractivity contribution in [2.45, 2.75) is 6.92 Å². The normalized spacial score (nSPS) is 10.2. The predicted molar refractivity (Wildman–Crippen MR) is 80.7 cm³/mol. The molecule has 0 aliphatic rings. The van der Waals surface area contributed by atoms with Crippen molar-refractivity contribution in [2.24, 2.45) is 0 Å². The van der Waals surface area contributed by atoms with Crippen molar-refractivity contribution in [1.82, 2.24) is 4.98 Å². The molecule has 1 amide bonds. The summed E-state index contributed by atoms with van der Waals surface area (Å²) in [5.41, 5.74) is 2.05. The van der Waals surface area contributed by atoms with Crippen LogP contribution in [0.2, 0.25) is 0 Å². The molecule has 5 nitrogen and oxygen atoms in total. The van der Waals surface area contributed by atoms with Gasteiger partial charge in [-0.25, -0.2) is 0 Å². The van der Waals surface area contributed by atoms with Crippen LogP contribution in [0.4, 0.5) is 5.69 Å². The number of benzene rings is 1. The number of methoxy groups -OCH3 is 2. The number of aryl methyl sites for hydroxylation is 1. The number of halogens is 1. The molecular weight excluding hydrogens is 324 g/mol. The first-order chi connectivity index (χ1) is 9.55. The van der Waals surface area contributed by atoms with Gasteiger partial charge in [0.15, 0.2) is 11.5 Å². The molecule has 0 spiro atoms. The summed E-state index contributed by atoms with van der Waals surface area (Å²) in [5.74, 6) is 0.984. The molecule has 0 aliphatic heterocycles. The third-order valence-corrected chi connectivity index (χ3v) is 3.33. The van der Waals surface area contributed by atoms with Crippen molar-refractivity contribution >= 4 is 27.5 Å². The van der Waals surface area contributed by atoms with Crippen LogP contribution in [-0.2, 0) is 0 Å². The molecule has 1 heterocycles. The lowest BCUT2D eigenvalue weighted by molar-refractivity contribution is 0.102. The molecule has 0 saturated carbocycles. The quantitative estimate of drug-likeness (QED) is 0.898. The standard InChI is InChI=1S/C14H15BrN2O3/c1-8-4-12(19-2)13(20-3)6-10(8)17-14(18)11-5-9(15)7-16-11/h4-7,16H,1-3H3,(H,17,18). The van der Waals surface area contributed by atoms with Crippen molar-refractivity contribution in [2.75, 3.05) is 19.5 Å². The Labute approximate surface area is 125 Å². The van der Waals surface area contributed by atoms with E-state index in [1.165, 1.54) is 0 Å². The van der Waals surface area contributed by atoms with Crippen molar-refractivity contribution in [3.05, 3.63) is 40.1 Å². The third-order valence-electron chi connectivity index (χ3n) is 2.87. The lowest BCUT2D eigenvalue weighted by atomic mass is 10.1. The molecule has 106 valence electrons. The number of aromatic nitrogens is 1. The molecule has 2 rings (SSSR count). The fraction of sp³-hybridized carbons (Fsp3) is 0.214. The van der Waals surface area contributed by atoms with Gasteiger partial charge in [-0.3, -0.25) is 4.79 Å². The van der Waals surface area contributed by atoms with Gasteiger partial charge in [0.05, 0.1) is 14.2 Å². The topological polar surface area (TPSA) is 63.3 Å². The van der Waals surface area contributed by atoms with Gasteiger partial charge in [0, 0.05) is 22.4 Å². The van der Waals surface area contributed by atoms with Gasteiger partial charge in [0.2, 0.25) is 0 Å². The van der Waals surface area contributed by atoms with E-state index in [0.29, 0.717) is 22.9 Å². The molecule has 0 bridgehead atoms. The smallest absolute Gasteiger partial charge is 0.272 e. The molecule has 2 aromatic rings. The number of carbonyl (C=O) groups excluding carboxylic acids is 1. The van der Waals surface area contributed by atoms with E-state index in [1.54, 1.807) is 32.5 Å². The van der Waals surface area contributed by atoms with E-state index in [0.717, 1.165) is 10.0 Å². The Kier molecular flexibility index (Phi) is 4.34. The van der Waals surface area contributed by atoms with Gasteiger partial charge < -0.3 is 19.8 Å². The Morgan fingerprint density at radius 3 is 2.40 bits per heavy atom. The Bertz CT molecular complexity index is 637. The van der Waals surface area contributed by atoms with E-state index < -0.39 is 0 Å². The minimum absolute atomic E-state index is 0.217. The first kappa shape index (κ1) is 14.5. The number of hydrogen-bond acceptors (Lipinski definition) is 3. The molecule has 0 unspecified atom stereocenters. The number of hydrogen-bond donors (Lipinski definition) is 2. The zero-order valence-corrected chi connectivity index (χ0v) is 13.0. The van der Waals surface area contributed by atoms with Crippen LogP contribution in [0.3, 0.4) is 0 Å². The highest BCUT2D eigenvalue weighted by Crippen LogP contribution is 2.33. The highest BCUT2D eigenvalue weighted by molar-refractivity contribution is 9.10. The lowest BCUT2D eigenvalue weighted by Crippen LogP contribution is -2.13. The van der Waals surface area contributed by atoms with E-state index in [2.05, 4.69) is 26.2 Å². The van der Waals surface area contributed by atoms with Gasteiger partial charge >= 0.3 is 0 Å². The average molecular weight is 339 g/mol. The summed E-state index contributed by atoms with van der Waals surface area (Å²) in [7, 11) is 3.13. The van der Waals surface area contributed by atoms with E-state index in [-0.39, 0.29) is 5.91 Å². The summed E-state index contributed by atoms with van der Waals surface area (Å²) >= 11 is 3.29. The van der Waals surface area contributed by atoms with Crippen LogP contribution in [0.15, 0.2) is 28.9 Å². The largest absolute Gasteiger partial charge is 0.493 e. The summed E-state index contributed by atoms with van der Waals surface area (Å²) in [6.07, 6.45) is 1.70. The van der Waals surface area contributed by atoms with Crippen molar-refractivity contribution in [3.63, 3.8) is 0 Å². The Morgan fingerprint density at radius 2 is 1.85 bits per heavy atom. The molecule has 0 fully saturated rings. The highest BCUT2D eigenvalue weighted by Gasteiger charge is 2.13. The summed E-state index contributed by atoms with van der Waals surface area (Å²) < 4.78 is 11.3. The maximum Gasteiger partial charge on any atom is 0.272 e. The van der Waals surface area contributed by atoms with Crippen LogP contribution >= 0.6 is 15.9 Å². The van der Waals surface area contributed by atoms with Crippen LogP contribution in [0.25, 0.3) is 0 Å². The van der Waals surface area contributed by atoms with E-state index in [9.17, 15) is 4.79 Å². The zero-order chi connectivity index (χ0) is 14.7. The summed E-state index contributed by atoms with van der Waals surface area (Å²) in [6.45, 7) is 1.89. The second-order valence-corrected chi connectivity index (χ2v) is 5.12. The van der Waals surface area contributed by atoms with Gasteiger partial charge in [0.1, 0.15) is 5.69 Å². The van der Waals surface area contributed by atoms with Crippen molar-refractivity contribution in [1.29, 1.82) is 0 Å². The molecule has 20 heavy (non-hydrogen) atoms. The van der Waals surface area contributed by atoms with Crippen LogP contribution in [0, 0.1) is 6.92 Å². The molecule has 0 radical (unpaired) electrons.